The fourth-order valence-corrected chi connectivity index (χ4v) is 2.32. The van der Waals surface area contributed by atoms with Gasteiger partial charge in [0.25, 0.3) is 0 Å². The number of nitrogens with one attached hydrogen (secondary N) is 1. The summed E-state index contributed by atoms with van der Waals surface area (Å²) in [6, 6.07) is 0. The van der Waals surface area contributed by atoms with Crippen molar-refractivity contribution in [3.63, 3.8) is 0 Å². The molecule has 0 radical (unpaired) electrons. The second kappa shape index (κ2) is 8.51. The summed E-state index contributed by atoms with van der Waals surface area (Å²) in [7, 11) is 3.54. The van der Waals surface area contributed by atoms with Crippen LogP contribution in [0, 0.1) is 0 Å². The molecule has 0 aromatic carbocycles. The summed E-state index contributed by atoms with van der Waals surface area (Å²) in [5.41, 5.74) is 0.832. The number of hydrogen-bond donors (Lipinski definition) is 1. The van der Waals surface area contributed by atoms with Crippen molar-refractivity contribution < 1.29 is 4.79 Å². The van der Waals surface area contributed by atoms with Crippen LogP contribution < -0.4 is 10.2 Å². The number of hydrogen-bond acceptors (Lipinski definition) is 3. The van der Waals surface area contributed by atoms with Gasteiger partial charge in [0.1, 0.15) is 6.54 Å². The third-order valence-electron chi connectivity index (χ3n) is 3.17. The number of aryl methyl sites for hydroxylation is 1. The first-order chi connectivity index (χ1) is 10.0. The molecule has 1 aromatic heterocycles. The van der Waals surface area contributed by atoms with E-state index < -0.39 is 0 Å². The van der Waals surface area contributed by atoms with Gasteiger partial charge in [0, 0.05) is 44.4 Å². The van der Waals surface area contributed by atoms with Crippen molar-refractivity contribution in [2.45, 2.75) is 0 Å². The van der Waals surface area contributed by atoms with Gasteiger partial charge in [0.05, 0.1) is 11.9 Å². The number of anilines is 1. The fourth-order valence-electron chi connectivity index (χ4n) is 2.18. The molecular formula is C13H20BrIN6O. The average molecular weight is 483 g/mol. The summed E-state index contributed by atoms with van der Waals surface area (Å²) in [6.45, 7) is 5.97. The van der Waals surface area contributed by atoms with Gasteiger partial charge in [-0.25, -0.2) is 0 Å². The maximum Gasteiger partial charge on any atom is 0.246 e. The molecule has 0 spiro atoms. The molecule has 122 valence electrons. The van der Waals surface area contributed by atoms with E-state index in [9.17, 15) is 4.79 Å². The molecule has 0 unspecified atom stereocenters. The van der Waals surface area contributed by atoms with Crippen LogP contribution in [0.1, 0.15) is 0 Å². The third-order valence-corrected chi connectivity index (χ3v) is 3.45. The van der Waals surface area contributed by atoms with Gasteiger partial charge in [-0.15, -0.1) is 24.0 Å². The molecule has 0 saturated carbocycles. The number of nitrogens with zero attached hydrogens (tertiary/aromatic N) is 5. The molecule has 1 aromatic rings. The first kappa shape index (κ1) is 18.9. The van der Waals surface area contributed by atoms with Crippen molar-refractivity contribution in [3.05, 3.63) is 23.5 Å². The lowest BCUT2D eigenvalue weighted by atomic mass is 10.3. The number of halogens is 2. The van der Waals surface area contributed by atoms with Crippen molar-refractivity contribution in [2.75, 3.05) is 38.1 Å². The highest BCUT2D eigenvalue weighted by molar-refractivity contribution is 14.0. The number of aromatic nitrogens is 2. The van der Waals surface area contributed by atoms with Crippen LogP contribution in [0.5, 0.6) is 0 Å². The van der Waals surface area contributed by atoms with Gasteiger partial charge in [0.15, 0.2) is 5.96 Å². The number of piperazine rings is 1. The molecule has 1 amide bonds. The minimum Gasteiger partial charge on any atom is -0.352 e. The van der Waals surface area contributed by atoms with Crippen molar-refractivity contribution in [2.24, 2.45) is 12.0 Å². The van der Waals surface area contributed by atoms with E-state index in [1.165, 1.54) is 0 Å². The maximum absolute atomic E-state index is 12.3. The van der Waals surface area contributed by atoms with E-state index in [1.807, 2.05) is 18.1 Å². The lowest BCUT2D eigenvalue weighted by Gasteiger charge is -2.35. The molecule has 0 bridgehead atoms. The van der Waals surface area contributed by atoms with E-state index in [4.69, 9.17) is 0 Å². The van der Waals surface area contributed by atoms with Crippen LogP contribution >= 0.6 is 39.9 Å². The summed E-state index contributed by atoms with van der Waals surface area (Å²) in [4.78, 5) is 20.2. The maximum atomic E-state index is 12.3. The molecular weight excluding hydrogens is 463 g/mol. The molecule has 1 aliphatic rings. The Labute approximate surface area is 155 Å². The summed E-state index contributed by atoms with van der Waals surface area (Å²) >= 11 is 3.30. The van der Waals surface area contributed by atoms with Gasteiger partial charge in [-0.1, -0.05) is 22.5 Å². The van der Waals surface area contributed by atoms with Crippen LogP contribution in [0.4, 0.5) is 5.69 Å². The van der Waals surface area contributed by atoms with Crippen molar-refractivity contribution >= 4 is 57.5 Å². The smallest absolute Gasteiger partial charge is 0.246 e. The van der Waals surface area contributed by atoms with Crippen LogP contribution in [0.2, 0.25) is 0 Å². The van der Waals surface area contributed by atoms with E-state index in [0.717, 1.165) is 16.7 Å². The van der Waals surface area contributed by atoms with Crippen molar-refractivity contribution in [3.8, 4) is 0 Å². The molecule has 0 aliphatic carbocycles. The van der Waals surface area contributed by atoms with E-state index in [2.05, 4.69) is 37.9 Å². The number of carbonyl (C=O) groups is 1. The highest BCUT2D eigenvalue weighted by atomic mass is 127. The van der Waals surface area contributed by atoms with E-state index >= 15 is 0 Å². The van der Waals surface area contributed by atoms with Gasteiger partial charge in [-0.05, 0) is 0 Å². The molecule has 1 fully saturated rings. The second-order valence-electron chi connectivity index (χ2n) is 4.76. The Morgan fingerprint density at radius 2 is 2.27 bits per heavy atom. The van der Waals surface area contributed by atoms with Crippen molar-refractivity contribution in [1.82, 2.24) is 20.0 Å². The Balaban J connectivity index is 0.00000242. The van der Waals surface area contributed by atoms with Gasteiger partial charge in [-0.2, -0.15) is 5.10 Å². The summed E-state index contributed by atoms with van der Waals surface area (Å²) in [5.74, 6) is 0.740. The Bertz CT molecular complexity index is 573. The predicted molar refractivity (Wildman–Crippen MR) is 102 cm³/mol. The number of amides is 1. The number of carbonyl (C=O) groups excluding carboxylic acids is 1. The standard InChI is InChI=1S/C13H19BrN6O.HI/c1-10(14)6-16-13(15-2)19-4-5-20(12(21)9-19)11-7-17-18(3)8-11;/h7-8H,1,4-6,9H2,2-3H3,(H,15,16);1H. The molecule has 9 heteroatoms. The SMILES string of the molecule is C=C(Br)CNC(=NC)N1CCN(c2cnn(C)c2)C(=O)C1.I. The topological polar surface area (TPSA) is 65.8 Å². The quantitative estimate of drug-likeness (QED) is 0.399. The minimum absolute atomic E-state index is 0. The lowest BCUT2D eigenvalue weighted by Crippen LogP contribution is -2.55. The van der Waals surface area contributed by atoms with Crippen molar-refractivity contribution in [1.29, 1.82) is 0 Å². The fraction of sp³-hybridized carbons (Fsp3) is 0.462. The highest BCUT2D eigenvalue weighted by Crippen LogP contribution is 2.16. The van der Waals surface area contributed by atoms with Crippen LogP contribution in [0.3, 0.4) is 0 Å². The molecule has 7 nitrogen and oxygen atoms in total. The van der Waals surface area contributed by atoms with Gasteiger partial charge >= 0.3 is 0 Å². The van der Waals surface area contributed by atoms with E-state index in [0.29, 0.717) is 25.6 Å². The first-order valence-corrected chi connectivity index (χ1v) is 7.38. The second-order valence-corrected chi connectivity index (χ2v) is 5.88. The number of rotatable bonds is 3. The van der Waals surface area contributed by atoms with Gasteiger partial charge < -0.3 is 15.1 Å². The Hall–Kier alpha value is -1.10. The van der Waals surface area contributed by atoms with E-state index in [-0.39, 0.29) is 29.9 Å². The van der Waals surface area contributed by atoms with Gasteiger partial charge in [-0.3, -0.25) is 14.5 Å². The number of guanidine groups is 1. The lowest BCUT2D eigenvalue weighted by molar-refractivity contribution is -0.120. The molecule has 0 atom stereocenters. The zero-order valence-electron chi connectivity index (χ0n) is 12.6. The van der Waals surface area contributed by atoms with Crippen LogP contribution in [-0.2, 0) is 11.8 Å². The summed E-state index contributed by atoms with van der Waals surface area (Å²) in [5, 5.41) is 7.26. The Morgan fingerprint density at radius 3 is 2.77 bits per heavy atom. The zero-order valence-corrected chi connectivity index (χ0v) is 16.5. The Kier molecular flexibility index (Phi) is 7.33. The first-order valence-electron chi connectivity index (χ1n) is 6.59. The third kappa shape index (κ3) is 4.70. The minimum atomic E-state index is 0. The molecule has 2 rings (SSSR count). The number of aliphatic imine (C=N–C) groups is 1. The molecule has 1 saturated heterocycles. The molecule has 1 aliphatic heterocycles. The largest absolute Gasteiger partial charge is 0.352 e. The normalized spacial score (nSPS) is 15.6. The monoisotopic (exact) mass is 482 g/mol. The highest BCUT2D eigenvalue weighted by Gasteiger charge is 2.27. The molecule has 22 heavy (non-hydrogen) atoms. The Morgan fingerprint density at radius 1 is 1.55 bits per heavy atom. The predicted octanol–water partition coefficient (Wildman–Crippen LogP) is 1.17. The zero-order chi connectivity index (χ0) is 15.4. The average Bonchev–Trinajstić information content (AvgIpc) is 2.85. The molecule has 1 N–H and O–H groups in total. The van der Waals surface area contributed by atoms with Gasteiger partial charge in [0.2, 0.25) is 5.91 Å². The van der Waals surface area contributed by atoms with Crippen LogP contribution in [0.25, 0.3) is 0 Å². The van der Waals surface area contributed by atoms with E-state index in [1.54, 1.807) is 22.8 Å². The molecule has 2 heterocycles. The van der Waals surface area contributed by atoms with Crippen LogP contribution in [0.15, 0.2) is 28.4 Å². The van der Waals surface area contributed by atoms with Crippen LogP contribution in [-0.4, -0.2) is 59.8 Å². The summed E-state index contributed by atoms with van der Waals surface area (Å²) in [6.07, 6.45) is 3.55. The summed E-state index contributed by atoms with van der Waals surface area (Å²) < 4.78 is 2.53.